The van der Waals surface area contributed by atoms with Crippen LogP contribution in [0.3, 0.4) is 0 Å². The van der Waals surface area contributed by atoms with E-state index in [1.165, 1.54) is 37.0 Å². The molecule has 1 aromatic heterocycles. The van der Waals surface area contributed by atoms with E-state index in [0.717, 1.165) is 11.3 Å². The lowest BCUT2D eigenvalue weighted by atomic mass is 9.93. The highest BCUT2D eigenvalue weighted by atomic mass is 35.5. The highest BCUT2D eigenvalue weighted by Crippen LogP contribution is 2.38. The van der Waals surface area contributed by atoms with E-state index < -0.39 is 24.2 Å². The minimum Gasteiger partial charge on any atom is -0.496 e. The van der Waals surface area contributed by atoms with Crippen molar-refractivity contribution in [3.8, 4) is 17.2 Å². The number of fused-ring (bicyclic) bond motifs is 1. The van der Waals surface area contributed by atoms with E-state index >= 15 is 0 Å². The van der Waals surface area contributed by atoms with Crippen molar-refractivity contribution in [2.45, 2.75) is 39.3 Å². The number of carbonyl (C=O) groups excluding carboxylic acids is 1. The molecule has 1 aliphatic rings. The van der Waals surface area contributed by atoms with Crippen molar-refractivity contribution >= 4 is 35.0 Å². The summed E-state index contributed by atoms with van der Waals surface area (Å²) in [6, 6.07) is 8.43. The Labute approximate surface area is 237 Å². The molecule has 0 fully saturated rings. The van der Waals surface area contributed by atoms with Gasteiger partial charge in [0.25, 0.3) is 5.56 Å². The number of carbonyl (C=O) groups is 1. The Hall–Kier alpha value is -3.70. The second kappa shape index (κ2) is 12.6. The predicted octanol–water partition coefficient (Wildman–Crippen LogP) is 4.85. The van der Waals surface area contributed by atoms with Crippen molar-refractivity contribution in [1.29, 1.82) is 0 Å². The fourth-order valence-electron chi connectivity index (χ4n) is 4.45. The third-order valence-corrected chi connectivity index (χ3v) is 7.30. The Morgan fingerprint density at radius 1 is 1.12 bits per heavy atom. The smallest absolute Gasteiger partial charge is 0.387 e. The first-order valence-electron chi connectivity index (χ1n) is 12.4. The van der Waals surface area contributed by atoms with Gasteiger partial charge in [0.2, 0.25) is 0 Å². The van der Waals surface area contributed by atoms with Crippen molar-refractivity contribution in [3.05, 3.63) is 83.5 Å². The summed E-state index contributed by atoms with van der Waals surface area (Å²) in [5, 5.41) is 0.397. The van der Waals surface area contributed by atoms with Gasteiger partial charge >= 0.3 is 12.6 Å². The Morgan fingerprint density at radius 3 is 2.50 bits per heavy atom. The van der Waals surface area contributed by atoms with Crippen molar-refractivity contribution < 1.29 is 32.5 Å². The molecular weight excluding hydrogens is 566 g/mol. The van der Waals surface area contributed by atoms with Crippen molar-refractivity contribution in [3.63, 3.8) is 0 Å². The molecule has 3 aromatic rings. The second-order valence-corrected chi connectivity index (χ2v) is 10.0. The number of rotatable bonds is 10. The van der Waals surface area contributed by atoms with Gasteiger partial charge in [-0.05, 0) is 55.3 Å². The van der Waals surface area contributed by atoms with Crippen molar-refractivity contribution in [2.75, 3.05) is 20.8 Å². The van der Waals surface area contributed by atoms with Crippen molar-refractivity contribution in [1.82, 2.24) is 4.57 Å². The van der Waals surface area contributed by atoms with Crippen LogP contribution in [0, 0.1) is 0 Å². The number of aromatic nitrogens is 1. The maximum atomic E-state index is 13.9. The molecule has 0 saturated heterocycles. The van der Waals surface area contributed by atoms with E-state index in [-0.39, 0.29) is 23.7 Å². The van der Waals surface area contributed by atoms with Gasteiger partial charge in [0.05, 0.1) is 36.6 Å². The standard InChI is InChI=1S/C28H27ClF2N2O6S/c1-5-7-18-23(26(35)38-6-2)24(17-14-16(29)9-11-19(17)36-3)33-25(34)22(40-28(33)32-18)13-15-8-10-20(39-27(30)31)21(12-15)37-4/h8-14,24,27H,5-7H2,1-4H3/b22-13-/t24-/m0/s1. The fraction of sp³-hybridized carbons (Fsp3) is 0.321. The van der Waals surface area contributed by atoms with Gasteiger partial charge in [0.15, 0.2) is 16.3 Å². The zero-order valence-corrected chi connectivity index (χ0v) is 23.8. The Morgan fingerprint density at radius 2 is 1.85 bits per heavy atom. The first kappa shape index (κ1) is 29.3. The molecule has 0 unspecified atom stereocenters. The third kappa shape index (κ3) is 5.90. The number of halogens is 3. The molecule has 12 heteroatoms. The van der Waals surface area contributed by atoms with Crippen LogP contribution in [0.5, 0.6) is 17.2 Å². The molecule has 0 N–H and O–H groups in total. The first-order chi connectivity index (χ1) is 19.2. The van der Waals surface area contributed by atoms with E-state index in [1.807, 2.05) is 6.92 Å². The van der Waals surface area contributed by atoms with Gasteiger partial charge < -0.3 is 18.9 Å². The number of methoxy groups -OCH3 is 2. The van der Waals surface area contributed by atoms with Gasteiger partial charge in [0.1, 0.15) is 11.8 Å². The van der Waals surface area contributed by atoms with Crippen LogP contribution in [0.1, 0.15) is 43.9 Å². The fourth-order valence-corrected chi connectivity index (χ4v) is 5.65. The number of nitrogens with zero attached hydrogens (tertiary/aromatic N) is 2. The predicted molar refractivity (Wildman–Crippen MR) is 147 cm³/mol. The van der Waals surface area contributed by atoms with E-state index in [0.29, 0.717) is 49.8 Å². The summed E-state index contributed by atoms with van der Waals surface area (Å²) in [6.45, 7) is 0.787. The highest BCUT2D eigenvalue weighted by molar-refractivity contribution is 7.07. The number of hydrogen-bond acceptors (Lipinski definition) is 8. The molecule has 1 atom stereocenters. The van der Waals surface area contributed by atoms with Gasteiger partial charge in [-0.25, -0.2) is 9.79 Å². The van der Waals surface area contributed by atoms with E-state index in [2.05, 4.69) is 4.74 Å². The van der Waals surface area contributed by atoms with Gasteiger partial charge in [0, 0.05) is 10.6 Å². The Kier molecular flexibility index (Phi) is 9.26. The molecule has 4 rings (SSSR count). The summed E-state index contributed by atoms with van der Waals surface area (Å²) < 4.78 is 47.9. The summed E-state index contributed by atoms with van der Waals surface area (Å²) in [4.78, 5) is 32.4. The second-order valence-electron chi connectivity index (χ2n) is 8.59. The van der Waals surface area contributed by atoms with E-state index in [1.54, 1.807) is 31.2 Å². The maximum Gasteiger partial charge on any atom is 0.387 e. The van der Waals surface area contributed by atoms with Crippen LogP contribution in [0.4, 0.5) is 8.78 Å². The zero-order chi connectivity index (χ0) is 29.0. The quantitative estimate of drug-likeness (QED) is 0.313. The summed E-state index contributed by atoms with van der Waals surface area (Å²) in [6.07, 6.45) is 2.77. The van der Waals surface area contributed by atoms with Gasteiger partial charge in [-0.3, -0.25) is 9.36 Å². The minimum atomic E-state index is -3.02. The molecule has 1 aliphatic heterocycles. The Bertz CT molecular complexity index is 1630. The van der Waals surface area contributed by atoms with E-state index in [4.69, 9.17) is 30.8 Å². The van der Waals surface area contributed by atoms with Crippen LogP contribution in [0.2, 0.25) is 5.02 Å². The van der Waals surface area contributed by atoms with Crippen LogP contribution < -0.4 is 29.1 Å². The molecule has 0 spiro atoms. The molecule has 0 radical (unpaired) electrons. The molecule has 2 heterocycles. The lowest BCUT2D eigenvalue weighted by Crippen LogP contribution is -2.40. The van der Waals surface area contributed by atoms with Crippen molar-refractivity contribution in [2.24, 2.45) is 4.99 Å². The molecule has 0 saturated carbocycles. The highest BCUT2D eigenvalue weighted by Gasteiger charge is 2.36. The minimum absolute atomic E-state index is 0.0817. The summed E-state index contributed by atoms with van der Waals surface area (Å²) in [5.74, 6) is -0.205. The molecule has 2 aromatic carbocycles. The van der Waals surface area contributed by atoms with Crippen LogP contribution in [0.25, 0.3) is 6.08 Å². The molecular formula is C28H27ClF2N2O6S. The molecule has 0 amide bonds. The van der Waals surface area contributed by atoms with Gasteiger partial charge in [-0.1, -0.05) is 42.3 Å². The summed E-state index contributed by atoms with van der Waals surface area (Å²) >= 11 is 7.49. The van der Waals surface area contributed by atoms with E-state index in [9.17, 15) is 18.4 Å². The molecule has 0 aliphatic carbocycles. The lowest BCUT2D eigenvalue weighted by molar-refractivity contribution is -0.139. The van der Waals surface area contributed by atoms with Crippen LogP contribution in [0.15, 0.2) is 57.5 Å². The maximum absolute atomic E-state index is 13.9. The van der Waals surface area contributed by atoms with Crippen LogP contribution in [-0.4, -0.2) is 38.0 Å². The SMILES string of the molecule is CCCC1=C(C(=O)OCC)[C@H](c2cc(Cl)ccc2OC)n2c(s/c(=C\c3ccc(OC(F)F)c(OC)c3)c2=O)=N1. The monoisotopic (exact) mass is 592 g/mol. The largest absolute Gasteiger partial charge is 0.496 e. The number of benzene rings is 2. The number of hydrogen-bond donors (Lipinski definition) is 0. The molecule has 212 valence electrons. The van der Waals surface area contributed by atoms with Gasteiger partial charge in [-0.2, -0.15) is 8.78 Å². The summed E-state index contributed by atoms with van der Waals surface area (Å²) in [7, 11) is 2.82. The average Bonchev–Trinajstić information content (AvgIpc) is 3.22. The Balaban J connectivity index is 1.98. The number of ether oxygens (including phenoxy) is 4. The van der Waals surface area contributed by atoms with Gasteiger partial charge in [-0.15, -0.1) is 0 Å². The number of thiazole rings is 1. The first-order valence-corrected chi connectivity index (χ1v) is 13.6. The molecule has 8 nitrogen and oxygen atoms in total. The number of alkyl halides is 2. The molecule has 40 heavy (non-hydrogen) atoms. The van der Waals surface area contributed by atoms with Crippen LogP contribution in [-0.2, 0) is 9.53 Å². The number of esters is 1. The third-order valence-electron chi connectivity index (χ3n) is 6.08. The average molecular weight is 593 g/mol. The molecule has 0 bridgehead atoms. The topological polar surface area (TPSA) is 88.4 Å². The normalized spacial score (nSPS) is 15.1. The lowest BCUT2D eigenvalue weighted by Gasteiger charge is -2.27. The number of allylic oxidation sites excluding steroid dienone is 1. The van der Waals surface area contributed by atoms with Crippen LogP contribution >= 0.6 is 22.9 Å². The zero-order valence-electron chi connectivity index (χ0n) is 22.2. The summed E-state index contributed by atoms with van der Waals surface area (Å²) in [5.41, 5.74) is 1.35.